The van der Waals surface area contributed by atoms with Gasteiger partial charge in [0.2, 0.25) is 5.91 Å². The number of rotatable bonds is 0. The third-order valence-corrected chi connectivity index (χ3v) is 4.39. The maximum Gasteiger partial charge on any atom is 0.228 e. The fourth-order valence-electron chi connectivity index (χ4n) is 3.50. The summed E-state index contributed by atoms with van der Waals surface area (Å²) in [7, 11) is 2.14. The van der Waals surface area contributed by atoms with E-state index in [0.29, 0.717) is 12.1 Å². The highest BCUT2D eigenvalue weighted by molar-refractivity contribution is 6.10. The van der Waals surface area contributed by atoms with Crippen molar-refractivity contribution in [3.8, 4) is 0 Å². The van der Waals surface area contributed by atoms with Crippen molar-refractivity contribution in [1.29, 1.82) is 0 Å². The zero-order chi connectivity index (χ0) is 10.6. The van der Waals surface area contributed by atoms with Crippen LogP contribution in [0.15, 0.2) is 0 Å². The Morgan fingerprint density at radius 1 is 1.27 bits per heavy atom. The van der Waals surface area contributed by atoms with Crippen LogP contribution in [-0.4, -0.2) is 41.3 Å². The second kappa shape index (κ2) is 2.82. The van der Waals surface area contributed by atoms with E-state index in [4.69, 9.17) is 0 Å². The molecular formula is C11H16N2O2. The van der Waals surface area contributed by atoms with Crippen LogP contribution in [-0.2, 0) is 9.59 Å². The first-order valence-corrected chi connectivity index (χ1v) is 5.67. The molecule has 2 bridgehead atoms. The van der Waals surface area contributed by atoms with Gasteiger partial charge in [-0.1, -0.05) is 0 Å². The van der Waals surface area contributed by atoms with Gasteiger partial charge in [0.25, 0.3) is 0 Å². The SMILES string of the molecule is CN1C2CCC1CC1(C2)NC(=O)CC1=O. The normalized spacial score (nSPS) is 45.1. The van der Waals surface area contributed by atoms with Gasteiger partial charge >= 0.3 is 0 Å². The molecule has 0 aromatic carbocycles. The Balaban J connectivity index is 1.90. The first-order valence-electron chi connectivity index (χ1n) is 5.67. The summed E-state index contributed by atoms with van der Waals surface area (Å²) in [6.45, 7) is 0. The topological polar surface area (TPSA) is 49.4 Å². The number of piperidine rings is 1. The van der Waals surface area contributed by atoms with E-state index in [1.54, 1.807) is 0 Å². The molecule has 1 amide bonds. The molecule has 3 aliphatic heterocycles. The highest BCUT2D eigenvalue weighted by Crippen LogP contribution is 2.42. The van der Waals surface area contributed by atoms with Gasteiger partial charge < -0.3 is 10.2 Å². The van der Waals surface area contributed by atoms with Crippen LogP contribution in [0.3, 0.4) is 0 Å². The molecule has 0 aromatic rings. The van der Waals surface area contributed by atoms with Crippen LogP contribution in [0.25, 0.3) is 0 Å². The summed E-state index contributed by atoms with van der Waals surface area (Å²) in [6, 6.07) is 0.984. The van der Waals surface area contributed by atoms with Gasteiger partial charge in [-0.15, -0.1) is 0 Å². The van der Waals surface area contributed by atoms with Crippen molar-refractivity contribution < 1.29 is 9.59 Å². The Morgan fingerprint density at radius 3 is 2.33 bits per heavy atom. The monoisotopic (exact) mass is 208 g/mol. The average Bonchev–Trinajstić information content (AvgIpc) is 2.56. The van der Waals surface area contributed by atoms with Gasteiger partial charge in [0, 0.05) is 12.1 Å². The number of hydrogen-bond donors (Lipinski definition) is 1. The predicted molar refractivity (Wildman–Crippen MR) is 54.3 cm³/mol. The van der Waals surface area contributed by atoms with E-state index in [2.05, 4.69) is 17.3 Å². The number of nitrogens with zero attached hydrogens (tertiary/aromatic N) is 1. The Kier molecular flexibility index (Phi) is 1.75. The summed E-state index contributed by atoms with van der Waals surface area (Å²) < 4.78 is 0. The smallest absolute Gasteiger partial charge is 0.228 e. The van der Waals surface area contributed by atoms with Gasteiger partial charge in [-0.25, -0.2) is 0 Å². The number of carbonyl (C=O) groups is 2. The first kappa shape index (κ1) is 9.33. The van der Waals surface area contributed by atoms with Crippen molar-refractivity contribution in [2.45, 2.75) is 49.7 Å². The lowest BCUT2D eigenvalue weighted by Crippen LogP contribution is -2.57. The molecule has 0 aliphatic carbocycles. The third kappa shape index (κ3) is 1.17. The number of amides is 1. The van der Waals surface area contributed by atoms with E-state index in [1.807, 2.05) is 0 Å². The lowest BCUT2D eigenvalue weighted by Gasteiger charge is -2.41. The minimum atomic E-state index is -0.491. The van der Waals surface area contributed by atoms with Gasteiger partial charge in [-0.3, -0.25) is 9.59 Å². The summed E-state index contributed by atoms with van der Waals surface area (Å²) in [5, 5.41) is 2.93. The Bertz CT molecular complexity index is 325. The number of fused-ring (bicyclic) bond motifs is 2. The first-order chi connectivity index (χ1) is 7.11. The van der Waals surface area contributed by atoms with Gasteiger partial charge in [0.15, 0.2) is 5.78 Å². The average molecular weight is 208 g/mol. The van der Waals surface area contributed by atoms with Gasteiger partial charge in [-0.2, -0.15) is 0 Å². The summed E-state index contributed by atoms with van der Waals surface area (Å²) in [6.07, 6.45) is 4.09. The Hall–Kier alpha value is -0.900. The molecule has 0 aromatic heterocycles. The molecule has 0 radical (unpaired) electrons. The minimum absolute atomic E-state index is 0.0797. The molecule has 3 aliphatic rings. The van der Waals surface area contributed by atoms with Crippen LogP contribution in [0.4, 0.5) is 0 Å². The molecule has 3 rings (SSSR count). The molecule has 2 unspecified atom stereocenters. The van der Waals surface area contributed by atoms with Crippen molar-refractivity contribution >= 4 is 11.7 Å². The standard InChI is InChI=1S/C11H16N2O2/c1-13-7-2-3-8(13)6-11(5-7)9(14)4-10(15)12-11/h7-8H,2-6H2,1H3,(H,12,15). The molecule has 0 saturated carbocycles. The van der Waals surface area contributed by atoms with Crippen molar-refractivity contribution in [3.63, 3.8) is 0 Å². The molecule has 2 atom stereocenters. The number of ketones is 1. The molecule has 4 heteroatoms. The van der Waals surface area contributed by atoms with E-state index in [1.165, 1.54) is 12.8 Å². The van der Waals surface area contributed by atoms with E-state index in [-0.39, 0.29) is 18.1 Å². The van der Waals surface area contributed by atoms with Gasteiger partial charge in [0.1, 0.15) is 5.54 Å². The van der Waals surface area contributed by atoms with Crippen LogP contribution < -0.4 is 5.32 Å². The van der Waals surface area contributed by atoms with Gasteiger partial charge in [-0.05, 0) is 32.7 Å². The van der Waals surface area contributed by atoms with Crippen LogP contribution >= 0.6 is 0 Å². The van der Waals surface area contributed by atoms with E-state index >= 15 is 0 Å². The molecule has 82 valence electrons. The zero-order valence-corrected chi connectivity index (χ0v) is 8.95. The second-order valence-corrected chi connectivity index (χ2v) is 5.19. The molecule has 15 heavy (non-hydrogen) atoms. The summed E-state index contributed by atoms with van der Waals surface area (Å²) in [4.78, 5) is 25.6. The second-order valence-electron chi connectivity index (χ2n) is 5.19. The maximum atomic E-state index is 11.9. The molecule has 4 nitrogen and oxygen atoms in total. The fraction of sp³-hybridized carbons (Fsp3) is 0.818. The largest absolute Gasteiger partial charge is 0.343 e. The van der Waals surface area contributed by atoms with Crippen molar-refractivity contribution in [2.24, 2.45) is 0 Å². The lowest BCUT2D eigenvalue weighted by atomic mass is 9.81. The third-order valence-electron chi connectivity index (χ3n) is 4.39. The Labute approximate surface area is 89.0 Å². The number of nitrogens with one attached hydrogen (secondary N) is 1. The molecule has 1 spiro atoms. The van der Waals surface area contributed by atoms with E-state index in [0.717, 1.165) is 12.8 Å². The summed E-state index contributed by atoms with van der Waals surface area (Å²) >= 11 is 0. The molecule has 3 heterocycles. The van der Waals surface area contributed by atoms with E-state index in [9.17, 15) is 9.59 Å². The predicted octanol–water partition coefficient (Wildman–Crippen LogP) is 0.0708. The molecule has 1 N–H and O–H groups in total. The van der Waals surface area contributed by atoms with Crippen molar-refractivity contribution in [1.82, 2.24) is 10.2 Å². The number of carbonyl (C=O) groups excluding carboxylic acids is 2. The van der Waals surface area contributed by atoms with Crippen LogP contribution in [0.1, 0.15) is 32.1 Å². The highest BCUT2D eigenvalue weighted by Gasteiger charge is 2.54. The minimum Gasteiger partial charge on any atom is -0.343 e. The zero-order valence-electron chi connectivity index (χ0n) is 8.95. The maximum absolute atomic E-state index is 11.9. The van der Waals surface area contributed by atoms with Crippen molar-refractivity contribution in [2.75, 3.05) is 7.05 Å². The number of hydrogen-bond acceptors (Lipinski definition) is 3. The molecule has 3 saturated heterocycles. The van der Waals surface area contributed by atoms with Crippen molar-refractivity contribution in [3.05, 3.63) is 0 Å². The van der Waals surface area contributed by atoms with Crippen LogP contribution in [0, 0.1) is 0 Å². The lowest BCUT2D eigenvalue weighted by molar-refractivity contribution is -0.125. The Morgan fingerprint density at radius 2 is 1.87 bits per heavy atom. The van der Waals surface area contributed by atoms with E-state index < -0.39 is 5.54 Å². The number of Topliss-reactive ketones (excluding diaryl/α,β-unsaturated/α-hetero) is 1. The summed E-state index contributed by atoms with van der Waals surface area (Å²) in [5.74, 6) is 0.0430. The molecule has 3 fully saturated rings. The van der Waals surface area contributed by atoms with Crippen LogP contribution in [0.2, 0.25) is 0 Å². The van der Waals surface area contributed by atoms with Gasteiger partial charge in [0.05, 0.1) is 6.42 Å². The quantitative estimate of drug-likeness (QED) is 0.573. The fourth-order valence-corrected chi connectivity index (χ4v) is 3.50. The van der Waals surface area contributed by atoms with Crippen LogP contribution in [0.5, 0.6) is 0 Å². The highest BCUT2D eigenvalue weighted by atomic mass is 16.2. The molecular weight excluding hydrogens is 192 g/mol. The summed E-state index contributed by atoms with van der Waals surface area (Å²) in [5.41, 5.74) is -0.491.